The molecule has 0 saturated carbocycles. The number of carbonyl (C=O) groups excluding carboxylic acids is 2. The molecule has 0 aliphatic rings. The van der Waals surface area contributed by atoms with Gasteiger partial charge in [-0.1, -0.05) is 25.4 Å². The summed E-state index contributed by atoms with van der Waals surface area (Å²) >= 11 is 5.70. The van der Waals surface area contributed by atoms with E-state index in [9.17, 15) is 32.5 Å². The quantitative estimate of drug-likeness (QED) is 0.326. The zero-order chi connectivity index (χ0) is 24.1. The largest absolute Gasteiger partial charge is 0.452 e. The van der Waals surface area contributed by atoms with Gasteiger partial charge in [-0.15, -0.1) is 0 Å². The van der Waals surface area contributed by atoms with Crippen molar-refractivity contribution in [3.63, 3.8) is 0 Å². The van der Waals surface area contributed by atoms with Crippen LogP contribution in [0.25, 0.3) is 0 Å². The molecule has 0 unspecified atom stereocenters. The number of hydrogen-bond donors (Lipinski definition) is 1. The van der Waals surface area contributed by atoms with E-state index < -0.39 is 49.8 Å². The van der Waals surface area contributed by atoms with E-state index in [4.69, 9.17) is 16.3 Å². The number of anilines is 1. The standard InChI is InChI=1S/C19H19ClFN3O7S/c1-3-23(4-2)32(29,30)17-9-12(5-7-14(17)21)19(26)31-11-18(25)22-15-8-6-13(20)10-16(15)24(27)28/h5-10H,3-4,11H2,1-2H3,(H,22,25). The van der Waals surface area contributed by atoms with Crippen LogP contribution in [0.5, 0.6) is 0 Å². The summed E-state index contributed by atoms with van der Waals surface area (Å²) in [6.07, 6.45) is 0. The first-order valence-electron chi connectivity index (χ1n) is 9.21. The summed E-state index contributed by atoms with van der Waals surface area (Å²) in [6, 6.07) is 6.23. The molecule has 0 fully saturated rings. The Labute approximate surface area is 188 Å². The van der Waals surface area contributed by atoms with Gasteiger partial charge in [0.2, 0.25) is 10.0 Å². The Morgan fingerprint density at radius 1 is 1.19 bits per heavy atom. The highest BCUT2D eigenvalue weighted by atomic mass is 35.5. The summed E-state index contributed by atoms with van der Waals surface area (Å²) in [4.78, 5) is 33.9. The lowest BCUT2D eigenvalue weighted by molar-refractivity contribution is -0.383. The summed E-state index contributed by atoms with van der Waals surface area (Å²) < 4.78 is 45.2. The molecule has 2 aromatic rings. The van der Waals surface area contributed by atoms with Crippen LogP contribution in [0, 0.1) is 15.9 Å². The first kappa shape index (κ1) is 25.2. The fourth-order valence-electron chi connectivity index (χ4n) is 2.69. The molecule has 172 valence electrons. The van der Waals surface area contributed by atoms with Gasteiger partial charge < -0.3 is 10.1 Å². The molecule has 0 aliphatic heterocycles. The third-order valence-corrected chi connectivity index (χ3v) is 6.56. The van der Waals surface area contributed by atoms with E-state index in [1.807, 2.05) is 0 Å². The number of amides is 1. The molecule has 0 aromatic heterocycles. The number of sulfonamides is 1. The lowest BCUT2D eigenvalue weighted by Gasteiger charge is -2.19. The number of ether oxygens (including phenoxy) is 1. The van der Waals surface area contributed by atoms with Gasteiger partial charge in [-0.25, -0.2) is 17.6 Å². The van der Waals surface area contributed by atoms with Crippen molar-refractivity contribution < 1.29 is 32.1 Å². The number of nitrogens with zero attached hydrogens (tertiary/aromatic N) is 2. The molecule has 2 aromatic carbocycles. The molecule has 2 rings (SSSR count). The minimum Gasteiger partial charge on any atom is -0.452 e. The van der Waals surface area contributed by atoms with E-state index in [2.05, 4.69) is 5.32 Å². The van der Waals surface area contributed by atoms with Gasteiger partial charge >= 0.3 is 5.97 Å². The fraction of sp³-hybridized carbons (Fsp3) is 0.263. The molecule has 0 aliphatic carbocycles. The minimum atomic E-state index is -4.18. The maximum absolute atomic E-state index is 14.2. The first-order valence-corrected chi connectivity index (χ1v) is 11.0. The zero-order valence-corrected chi connectivity index (χ0v) is 18.6. The highest BCUT2D eigenvalue weighted by molar-refractivity contribution is 7.89. The van der Waals surface area contributed by atoms with Crippen molar-refractivity contribution in [2.24, 2.45) is 0 Å². The van der Waals surface area contributed by atoms with Crippen LogP contribution in [-0.2, 0) is 19.6 Å². The van der Waals surface area contributed by atoms with E-state index in [1.165, 1.54) is 12.1 Å². The van der Waals surface area contributed by atoms with Gasteiger partial charge in [0, 0.05) is 24.2 Å². The van der Waals surface area contributed by atoms with Crippen molar-refractivity contribution in [2.75, 3.05) is 25.0 Å². The lowest BCUT2D eigenvalue weighted by atomic mass is 10.2. The van der Waals surface area contributed by atoms with Crippen molar-refractivity contribution in [1.29, 1.82) is 0 Å². The number of rotatable bonds is 9. The second kappa shape index (κ2) is 10.5. The molecule has 0 heterocycles. The highest BCUT2D eigenvalue weighted by Crippen LogP contribution is 2.27. The molecule has 1 amide bonds. The predicted octanol–water partition coefficient (Wildman–Crippen LogP) is 3.21. The van der Waals surface area contributed by atoms with Crippen LogP contribution in [0.4, 0.5) is 15.8 Å². The number of benzene rings is 2. The van der Waals surface area contributed by atoms with Crippen molar-refractivity contribution in [3.05, 3.63) is 62.9 Å². The van der Waals surface area contributed by atoms with E-state index in [1.54, 1.807) is 13.8 Å². The van der Waals surface area contributed by atoms with Crippen LogP contribution in [0.3, 0.4) is 0 Å². The molecule has 32 heavy (non-hydrogen) atoms. The second-order valence-corrected chi connectivity index (χ2v) is 8.62. The molecule has 13 heteroatoms. The van der Waals surface area contributed by atoms with Gasteiger partial charge in [0.25, 0.3) is 11.6 Å². The SMILES string of the molecule is CCN(CC)S(=O)(=O)c1cc(C(=O)OCC(=O)Nc2ccc(Cl)cc2[N+](=O)[O-])ccc1F. The second-order valence-electron chi connectivity index (χ2n) is 6.28. The van der Waals surface area contributed by atoms with Crippen molar-refractivity contribution in [1.82, 2.24) is 4.31 Å². The summed E-state index contributed by atoms with van der Waals surface area (Å²) in [5.41, 5.74) is -0.904. The Hall–Kier alpha value is -3.09. The molecular weight excluding hydrogens is 469 g/mol. The number of nitro groups is 1. The van der Waals surface area contributed by atoms with E-state index in [-0.39, 0.29) is 29.4 Å². The Morgan fingerprint density at radius 2 is 1.84 bits per heavy atom. The molecule has 0 atom stereocenters. The molecule has 1 N–H and O–H groups in total. The fourth-order valence-corrected chi connectivity index (χ4v) is 4.41. The number of esters is 1. The molecular formula is C19H19ClFN3O7S. The Kier molecular flexibility index (Phi) is 8.25. The zero-order valence-electron chi connectivity index (χ0n) is 17.0. The average Bonchev–Trinajstić information content (AvgIpc) is 2.74. The number of carbonyl (C=O) groups is 2. The van der Waals surface area contributed by atoms with Crippen LogP contribution in [0.2, 0.25) is 5.02 Å². The van der Waals surface area contributed by atoms with Gasteiger partial charge in [0.05, 0.1) is 10.5 Å². The van der Waals surface area contributed by atoms with E-state index in [0.29, 0.717) is 0 Å². The molecule has 0 saturated heterocycles. The monoisotopic (exact) mass is 487 g/mol. The molecule has 0 radical (unpaired) electrons. The molecule has 0 bridgehead atoms. The maximum Gasteiger partial charge on any atom is 0.338 e. The normalized spacial score (nSPS) is 11.3. The third kappa shape index (κ3) is 5.78. The van der Waals surface area contributed by atoms with E-state index in [0.717, 1.165) is 28.6 Å². The maximum atomic E-state index is 14.2. The van der Waals surface area contributed by atoms with Gasteiger partial charge in [-0.3, -0.25) is 14.9 Å². The van der Waals surface area contributed by atoms with Crippen LogP contribution < -0.4 is 5.32 Å². The van der Waals surface area contributed by atoms with Crippen molar-refractivity contribution in [3.8, 4) is 0 Å². The summed E-state index contributed by atoms with van der Waals surface area (Å²) in [7, 11) is -4.18. The highest BCUT2D eigenvalue weighted by Gasteiger charge is 2.27. The third-order valence-electron chi connectivity index (χ3n) is 4.26. The van der Waals surface area contributed by atoms with Gasteiger partial charge in [-0.05, 0) is 30.3 Å². The number of nitrogens with one attached hydrogen (secondary N) is 1. The van der Waals surface area contributed by atoms with Crippen molar-refractivity contribution >= 4 is 44.9 Å². The molecule has 10 nitrogen and oxygen atoms in total. The smallest absolute Gasteiger partial charge is 0.338 e. The van der Waals surface area contributed by atoms with Gasteiger partial charge in [-0.2, -0.15) is 4.31 Å². The minimum absolute atomic E-state index is 0.0907. The lowest BCUT2D eigenvalue weighted by Crippen LogP contribution is -2.31. The van der Waals surface area contributed by atoms with E-state index >= 15 is 0 Å². The van der Waals surface area contributed by atoms with Crippen LogP contribution in [-0.4, -0.2) is 49.2 Å². The number of nitro benzene ring substituents is 1. The van der Waals surface area contributed by atoms with Gasteiger partial charge in [0.1, 0.15) is 16.4 Å². The summed E-state index contributed by atoms with van der Waals surface area (Å²) in [5.74, 6) is -3.01. The Balaban J connectivity index is 2.14. The Bertz CT molecular complexity index is 1150. The van der Waals surface area contributed by atoms with Crippen LogP contribution >= 0.6 is 11.6 Å². The van der Waals surface area contributed by atoms with Gasteiger partial charge in [0.15, 0.2) is 6.61 Å². The molecule has 0 spiro atoms. The Morgan fingerprint density at radius 3 is 2.44 bits per heavy atom. The van der Waals surface area contributed by atoms with Crippen molar-refractivity contribution in [2.45, 2.75) is 18.7 Å². The average molecular weight is 488 g/mol. The predicted molar refractivity (Wildman–Crippen MR) is 114 cm³/mol. The topological polar surface area (TPSA) is 136 Å². The first-order chi connectivity index (χ1) is 15.0. The number of halogens is 2. The summed E-state index contributed by atoms with van der Waals surface area (Å²) in [5, 5.41) is 13.4. The summed E-state index contributed by atoms with van der Waals surface area (Å²) in [6.45, 7) is 2.55. The number of hydrogen-bond acceptors (Lipinski definition) is 7. The van der Waals surface area contributed by atoms with Crippen LogP contribution in [0.1, 0.15) is 24.2 Å². The van der Waals surface area contributed by atoms with Crippen LogP contribution in [0.15, 0.2) is 41.3 Å².